The Morgan fingerprint density at radius 1 is 1.50 bits per heavy atom. The molecule has 3 rings (SSSR count). The third-order valence-corrected chi connectivity index (χ3v) is 3.52. The second-order valence-corrected chi connectivity index (χ2v) is 5.00. The number of anilines is 1. The van der Waals surface area contributed by atoms with Crippen molar-refractivity contribution in [1.29, 1.82) is 0 Å². The molecule has 0 saturated carbocycles. The maximum atomic E-state index is 12.3. The van der Waals surface area contributed by atoms with E-state index in [0.717, 1.165) is 35.7 Å². The van der Waals surface area contributed by atoms with Crippen molar-refractivity contribution in [3.8, 4) is 0 Å². The molecule has 0 bridgehead atoms. The van der Waals surface area contributed by atoms with Crippen LogP contribution in [0.15, 0.2) is 34.9 Å². The molecule has 1 amide bonds. The number of rotatable bonds is 3. The summed E-state index contributed by atoms with van der Waals surface area (Å²) in [6, 6.07) is 9.79. The van der Waals surface area contributed by atoms with Crippen molar-refractivity contribution in [3.05, 3.63) is 47.3 Å². The summed E-state index contributed by atoms with van der Waals surface area (Å²) in [5.74, 6) is 0.696. The molecule has 1 unspecified atom stereocenters. The Morgan fingerprint density at radius 2 is 2.35 bits per heavy atom. The van der Waals surface area contributed by atoms with Crippen LogP contribution in [0.25, 0.3) is 0 Å². The first-order valence-electron chi connectivity index (χ1n) is 6.77. The zero-order valence-corrected chi connectivity index (χ0v) is 11.3. The highest BCUT2D eigenvalue weighted by molar-refractivity contribution is 5.86. The van der Waals surface area contributed by atoms with Crippen molar-refractivity contribution < 1.29 is 9.32 Å². The number of hydrogen-bond acceptors (Lipinski definition) is 4. The van der Waals surface area contributed by atoms with Crippen molar-refractivity contribution in [2.75, 3.05) is 11.9 Å². The number of aromatic nitrogens is 1. The molecule has 0 radical (unpaired) electrons. The Kier molecular flexibility index (Phi) is 3.41. The van der Waals surface area contributed by atoms with E-state index in [9.17, 15) is 4.79 Å². The molecule has 20 heavy (non-hydrogen) atoms. The van der Waals surface area contributed by atoms with E-state index in [1.807, 2.05) is 37.3 Å². The van der Waals surface area contributed by atoms with E-state index in [1.54, 1.807) is 0 Å². The van der Waals surface area contributed by atoms with Crippen molar-refractivity contribution in [1.82, 2.24) is 10.5 Å². The van der Waals surface area contributed by atoms with Gasteiger partial charge in [-0.15, -0.1) is 0 Å². The quantitative estimate of drug-likeness (QED) is 0.898. The van der Waals surface area contributed by atoms with Gasteiger partial charge in [-0.25, -0.2) is 0 Å². The van der Waals surface area contributed by atoms with Gasteiger partial charge in [0.2, 0.25) is 5.91 Å². The highest BCUT2D eigenvalue weighted by Gasteiger charge is 2.25. The monoisotopic (exact) mass is 271 g/mol. The Balaban J connectivity index is 1.69. The molecule has 0 fully saturated rings. The highest BCUT2D eigenvalue weighted by Crippen LogP contribution is 2.31. The zero-order chi connectivity index (χ0) is 13.9. The summed E-state index contributed by atoms with van der Waals surface area (Å²) in [4.78, 5) is 12.3. The summed E-state index contributed by atoms with van der Waals surface area (Å²) in [5, 5.41) is 10.1. The Hall–Kier alpha value is -2.30. The van der Waals surface area contributed by atoms with E-state index in [1.165, 1.54) is 0 Å². The number of carbonyl (C=O) groups excluding carboxylic acids is 1. The highest BCUT2D eigenvalue weighted by atomic mass is 16.5. The number of benzene rings is 1. The van der Waals surface area contributed by atoms with E-state index in [2.05, 4.69) is 15.8 Å². The summed E-state index contributed by atoms with van der Waals surface area (Å²) in [6.45, 7) is 3.06. The number of aryl methyl sites for hydroxylation is 1. The van der Waals surface area contributed by atoms with Gasteiger partial charge in [-0.05, 0) is 25.0 Å². The van der Waals surface area contributed by atoms with Gasteiger partial charge >= 0.3 is 0 Å². The number of carbonyl (C=O) groups is 1. The van der Waals surface area contributed by atoms with E-state index in [4.69, 9.17) is 4.52 Å². The molecule has 2 aromatic rings. The second kappa shape index (κ2) is 5.36. The Bertz CT molecular complexity index is 621. The minimum Gasteiger partial charge on any atom is -0.385 e. The summed E-state index contributed by atoms with van der Waals surface area (Å²) in [6.07, 6.45) is 0.806. The van der Waals surface area contributed by atoms with E-state index in [0.29, 0.717) is 6.54 Å². The summed E-state index contributed by atoms with van der Waals surface area (Å²) in [5.41, 5.74) is 2.86. The molecule has 104 valence electrons. The fourth-order valence-electron chi connectivity index (χ4n) is 2.54. The molecule has 2 N–H and O–H groups in total. The van der Waals surface area contributed by atoms with Crippen LogP contribution in [-0.2, 0) is 11.3 Å². The van der Waals surface area contributed by atoms with Crippen LogP contribution in [0, 0.1) is 6.92 Å². The van der Waals surface area contributed by atoms with Crippen LogP contribution in [0.3, 0.4) is 0 Å². The predicted octanol–water partition coefficient (Wildman–Crippen LogP) is 2.20. The SMILES string of the molecule is Cc1cc(CNC(=O)C2CCNc3ccccc32)no1. The van der Waals surface area contributed by atoms with Crippen molar-refractivity contribution in [2.45, 2.75) is 25.8 Å². The molecule has 0 saturated heterocycles. The molecule has 5 heteroatoms. The topological polar surface area (TPSA) is 67.2 Å². The molecular weight excluding hydrogens is 254 g/mol. The van der Waals surface area contributed by atoms with Gasteiger partial charge in [0, 0.05) is 18.3 Å². The molecule has 1 aliphatic heterocycles. The smallest absolute Gasteiger partial charge is 0.228 e. The lowest BCUT2D eigenvalue weighted by molar-refractivity contribution is -0.122. The summed E-state index contributed by atoms with van der Waals surface area (Å²) >= 11 is 0. The molecule has 0 spiro atoms. The minimum absolute atomic E-state index is 0.0413. The van der Waals surface area contributed by atoms with Crippen LogP contribution in [0.2, 0.25) is 0 Å². The number of hydrogen-bond donors (Lipinski definition) is 2. The predicted molar refractivity (Wildman–Crippen MR) is 75.4 cm³/mol. The lowest BCUT2D eigenvalue weighted by Gasteiger charge is -2.25. The van der Waals surface area contributed by atoms with Gasteiger partial charge in [0.05, 0.1) is 12.5 Å². The number of nitrogens with zero attached hydrogens (tertiary/aromatic N) is 1. The molecule has 0 aliphatic carbocycles. The third kappa shape index (κ3) is 2.52. The lowest BCUT2D eigenvalue weighted by atomic mass is 9.90. The van der Waals surface area contributed by atoms with Gasteiger partial charge in [0.25, 0.3) is 0 Å². The van der Waals surface area contributed by atoms with Gasteiger partial charge in [-0.1, -0.05) is 23.4 Å². The first kappa shape index (κ1) is 12.7. The minimum atomic E-state index is -0.0968. The van der Waals surface area contributed by atoms with Crippen molar-refractivity contribution >= 4 is 11.6 Å². The van der Waals surface area contributed by atoms with Crippen LogP contribution in [-0.4, -0.2) is 17.6 Å². The molecular formula is C15H17N3O2. The third-order valence-electron chi connectivity index (χ3n) is 3.52. The molecule has 5 nitrogen and oxygen atoms in total. The van der Waals surface area contributed by atoms with E-state index >= 15 is 0 Å². The fraction of sp³-hybridized carbons (Fsp3) is 0.333. The van der Waals surface area contributed by atoms with Crippen LogP contribution in [0.5, 0.6) is 0 Å². The molecule has 1 aromatic carbocycles. The van der Waals surface area contributed by atoms with Gasteiger partial charge in [-0.2, -0.15) is 0 Å². The maximum absolute atomic E-state index is 12.3. The standard InChI is InChI=1S/C15H17N3O2/c1-10-8-11(18-20-10)9-17-15(19)13-6-7-16-14-5-3-2-4-12(13)14/h2-5,8,13,16H,6-7,9H2,1H3,(H,17,19). The Labute approximate surface area is 117 Å². The van der Waals surface area contributed by atoms with Crippen LogP contribution >= 0.6 is 0 Å². The van der Waals surface area contributed by atoms with Gasteiger partial charge < -0.3 is 15.2 Å². The number of amides is 1. The first-order chi connectivity index (χ1) is 9.74. The first-order valence-corrected chi connectivity index (χ1v) is 6.77. The number of nitrogens with one attached hydrogen (secondary N) is 2. The molecule has 1 aliphatic rings. The second-order valence-electron chi connectivity index (χ2n) is 5.00. The average Bonchev–Trinajstić information content (AvgIpc) is 2.90. The normalized spacial score (nSPS) is 17.1. The molecule has 1 atom stereocenters. The Morgan fingerprint density at radius 3 is 3.15 bits per heavy atom. The van der Waals surface area contributed by atoms with Crippen molar-refractivity contribution in [2.24, 2.45) is 0 Å². The van der Waals surface area contributed by atoms with Crippen molar-refractivity contribution in [3.63, 3.8) is 0 Å². The lowest BCUT2D eigenvalue weighted by Crippen LogP contribution is -2.32. The molecule has 2 heterocycles. The number of fused-ring (bicyclic) bond motifs is 1. The van der Waals surface area contributed by atoms with Crippen LogP contribution in [0.1, 0.15) is 29.4 Å². The van der Waals surface area contributed by atoms with Crippen LogP contribution < -0.4 is 10.6 Å². The largest absolute Gasteiger partial charge is 0.385 e. The fourth-order valence-corrected chi connectivity index (χ4v) is 2.54. The summed E-state index contributed by atoms with van der Waals surface area (Å²) < 4.78 is 4.99. The number of para-hydroxylation sites is 1. The van der Waals surface area contributed by atoms with E-state index < -0.39 is 0 Å². The summed E-state index contributed by atoms with van der Waals surface area (Å²) in [7, 11) is 0. The molecule has 1 aromatic heterocycles. The van der Waals surface area contributed by atoms with Gasteiger partial charge in [-0.3, -0.25) is 4.79 Å². The maximum Gasteiger partial charge on any atom is 0.228 e. The van der Waals surface area contributed by atoms with Gasteiger partial charge in [0.1, 0.15) is 11.5 Å². The zero-order valence-electron chi connectivity index (χ0n) is 11.3. The average molecular weight is 271 g/mol. The van der Waals surface area contributed by atoms with Crippen LogP contribution in [0.4, 0.5) is 5.69 Å². The van der Waals surface area contributed by atoms with E-state index in [-0.39, 0.29) is 11.8 Å². The van der Waals surface area contributed by atoms with Gasteiger partial charge in [0.15, 0.2) is 0 Å².